The summed E-state index contributed by atoms with van der Waals surface area (Å²) in [6.45, 7) is 2.93. The molecule has 1 amide bonds. The minimum atomic E-state index is -0.457. The predicted octanol–water partition coefficient (Wildman–Crippen LogP) is -0.501. The van der Waals surface area contributed by atoms with Gasteiger partial charge in [-0.15, -0.1) is 0 Å². The first-order valence-electron chi connectivity index (χ1n) is 10.9. The van der Waals surface area contributed by atoms with E-state index in [9.17, 15) is 14.4 Å². The van der Waals surface area contributed by atoms with Crippen LogP contribution in [0.1, 0.15) is 36.2 Å². The summed E-state index contributed by atoms with van der Waals surface area (Å²) in [5, 5.41) is 6.89. The number of ether oxygens (including phenoxy) is 1. The summed E-state index contributed by atoms with van der Waals surface area (Å²) >= 11 is 0. The molecule has 1 N–H and O–H groups in total. The number of aromatic nitrogens is 2. The van der Waals surface area contributed by atoms with Gasteiger partial charge in [0.05, 0.1) is 0 Å². The van der Waals surface area contributed by atoms with Gasteiger partial charge in [-0.05, 0) is 37.5 Å². The summed E-state index contributed by atoms with van der Waals surface area (Å²) in [6, 6.07) is 3.03. The molecule has 1 aromatic rings. The maximum Gasteiger partial charge on any atom is 0.331 e. The van der Waals surface area contributed by atoms with Crippen LogP contribution in [0.3, 0.4) is 0 Å². The average molecular weight is 434 g/mol. The van der Waals surface area contributed by atoms with E-state index in [1.54, 1.807) is 7.05 Å². The summed E-state index contributed by atoms with van der Waals surface area (Å²) in [6.07, 6.45) is 4.67. The second-order valence-corrected chi connectivity index (χ2v) is 8.91. The van der Waals surface area contributed by atoms with Gasteiger partial charge in [0, 0.05) is 64.6 Å². The van der Waals surface area contributed by atoms with Crippen LogP contribution in [-0.2, 0) is 23.6 Å². The number of hydrogen-bond acceptors (Lipinski definition) is 6. The van der Waals surface area contributed by atoms with Crippen LogP contribution in [0, 0.1) is 11.8 Å². The number of hydrogen-bond donors (Lipinski definition) is 1. The van der Waals surface area contributed by atoms with Gasteiger partial charge in [0.2, 0.25) is 0 Å². The van der Waals surface area contributed by atoms with Crippen LogP contribution in [0.25, 0.3) is 0 Å². The Kier molecular flexibility index (Phi) is 6.02. The zero-order chi connectivity index (χ0) is 22.3. The minimum absolute atomic E-state index is 0.191. The van der Waals surface area contributed by atoms with Gasteiger partial charge >= 0.3 is 5.69 Å². The lowest BCUT2D eigenvalue weighted by atomic mass is 9.82. The molecule has 5 rings (SSSR count). The SMILES string of the molecule is Cn1c(C(=O)N2C[C@@H]3[C@H](C2)[C@@H]2CC[C@H]3N2C2CCOCC2)cc(=O)n(C)c1=O.O=CO. The molecule has 0 spiro atoms. The Morgan fingerprint density at radius 3 is 2.13 bits per heavy atom. The van der Waals surface area contributed by atoms with Crippen LogP contribution in [0.4, 0.5) is 0 Å². The normalized spacial score (nSPS) is 30.1. The van der Waals surface area contributed by atoms with E-state index < -0.39 is 11.2 Å². The van der Waals surface area contributed by atoms with E-state index in [1.165, 1.54) is 30.5 Å². The Morgan fingerprint density at radius 2 is 1.58 bits per heavy atom. The molecular formula is C21H30N4O6. The highest BCUT2D eigenvalue weighted by atomic mass is 16.5. The summed E-state index contributed by atoms with van der Waals surface area (Å²) in [7, 11) is 2.99. The fourth-order valence-corrected chi connectivity index (χ4v) is 6.22. The molecule has 5 heterocycles. The molecule has 0 radical (unpaired) electrons. The molecule has 10 heteroatoms. The van der Waals surface area contributed by atoms with Gasteiger partial charge in [0.1, 0.15) is 5.69 Å². The van der Waals surface area contributed by atoms with E-state index in [-0.39, 0.29) is 18.1 Å². The van der Waals surface area contributed by atoms with Crippen molar-refractivity contribution in [3.63, 3.8) is 0 Å². The van der Waals surface area contributed by atoms with Crippen LogP contribution >= 0.6 is 0 Å². The van der Waals surface area contributed by atoms with Gasteiger partial charge in [-0.3, -0.25) is 28.4 Å². The van der Waals surface area contributed by atoms with Gasteiger partial charge in [0.15, 0.2) is 0 Å². The number of rotatable bonds is 2. The van der Waals surface area contributed by atoms with E-state index >= 15 is 0 Å². The number of nitrogens with zero attached hydrogens (tertiary/aromatic N) is 4. The number of likely N-dealkylation sites (tertiary alicyclic amines) is 1. The standard InChI is InChI=1S/C20H28N4O4.CH2O2/c1-21-17(9-18(25)22(2)20(21)27)19(26)23-10-13-14(11-23)16-4-3-15(13)24(16)12-5-7-28-8-6-12;2-1-3/h9,12-16H,3-8,10-11H2,1-2H3;1H,(H,2,3)/t13-,14+,15-,16+;. The fraction of sp³-hybridized carbons (Fsp3) is 0.714. The molecule has 4 aliphatic heterocycles. The fourth-order valence-electron chi connectivity index (χ4n) is 6.22. The summed E-state index contributed by atoms with van der Waals surface area (Å²) < 4.78 is 7.87. The van der Waals surface area contributed by atoms with Gasteiger partial charge in [0.25, 0.3) is 17.9 Å². The third-order valence-electron chi connectivity index (χ3n) is 7.57. The van der Waals surface area contributed by atoms with Crippen molar-refractivity contribution in [2.45, 2.75) is 43.8 Å². The Labute approximate surface area is 180 Å². The second kappa shape index (κ2) is 8.58. The molecule has 4 aliphatic rings. The van der Waals surface area contributed by atoms with Crippen LogP contribution in [-0.4, -0.2) is 80.8 Å². The summed E-state index contributed by atoms with van der Waals surface area (Å²) in [5.41, 5.74) is -0.695. The molecule has 0 unspecified atom stereocenters. The molecule has 0 aliphatic carbocycles. The van der Waals surface area contributed by atoms with Crippen molar-refractivity contribution in [1.82, 2.24) is 18.9 Å². The molecule has 4 fully saturated rings. The first-order chi connectivity index (χ1) is 14.9. The monoisotopic (exact) mass is 434 g/mol. The Balaban J connectivity index is 0.000000730. The number of carboxylic acid groups (broad SMARTS) is 1. The third-order valence-corrected chi connectivity index (χ3v) is 7.57. The molecule has 170 valence electrons. The van der Waals surface area contributed by atoms with Crippen molar-refractivity contribution in [3.05, 3.63) is 32.6 Å². The topological polar surface area (TPSA) is 114 Å². The van der Waals surface area contributed by atoms with Crippen molar-refractivity contribution in [1.29, 1.82) is 0 Å². The highest BCUT2D eigenvalue weighted by Crippen LogP contribution is 2.51. The lowest BCUT2D eigenvalue weighted by molar-refractivity contribution is -0.122. The van der Waals surface area contributed by atoms with E-state index in [0.29, 0.717) is 30.0 Å². The molecule has 0 saturated carbocycles. The average Bonchev–Trinajstić information content (AvgIpc) is 3.46. The van der Waals surface area contributed by atoms with Crippen molar-refractivity contribution in [2.75, 3.05) is 26.3 Å². The van der Waals surface area contributed by atoms with Crippen molar-refractivity contribution in [3.8, 4) is 0 Å². The summed E-state index contributed by atoms with van der Waals surface area (Å²) in [4.78, 5) is 50.3. The molecule has 10 nitrogen and oxygen atoms in total. The Hall–Kier alpha value is -2.46. The highest BCUT2D eigenvalue weighted by molar-refractivity contribution is 5.92. The lowest BCUT2D eigenvalue weighted by Crippen LogP contribution is -2.46. The second-order valence-electron chi connectivity index (χ2n) is 8.91. The maximum atomic E-state index is 13.1. The zero-order valence-electron chi connectivity index (χ0n) is 18.0. The van der Waals surface area contributed by atoms with Crippen LogP contribution < -0.4 is 11.2 Å². The van der Waals surface area contributed by atoms with Gasteiger partial charge < -0.3 is 14.7 Å². The number of carbonyl (C=O) groups is 2. The quantitative estimate of drug-likeness (QED) is 0.624. The number of carbonyl (C=O) groups excluding carboxylic acids is 1. The largest absolute Gasteiger partial charge is 0.483 e. The number of fused-ring (bicyclic) bond motifs is 5. The van der Waals surface area contributed by atoms with E-state index in [1.807, 2.05) is 4.90 Å². The predicted molar refractivity (Wildman–Crippen MR) is 111 cm³/mol. The molecular weight excluding hydrogens is 404 g/mol. The lowest BCUT2D eigenvalue weighted by Gasteiger charge is -2.36. The molecule has 0 aromatic carbocycles. The first-order valence-corrected chi connectivity index (χ1v) is 10.9. The Bertz CT molecular complexity index is 946. The maximum absolute atomic E-state index is 13.1. The van der Waals surface area contributed by atoms with E-state index in [0.717, 1.165) is 43.7 Å². The van der Waals surface area contributed by atoms with Crippen LogP contribution in [0.2, 0.25) is 0 Å². The Morgan fingerprint density at radius 1 is 1.03 bits per heavy atom. The number of amides is 1. The minimum Gasteiger partial charge on any atom is -0.483 e. The molecule has 4 atom stereocenters. The first kappa shape index (κ1) is 21.8. The highest BCUT2D eigenvalue weighted by Gasteiger charge is 2.58. The van der Waals surface area contributed by atoms with Gasteiger partial charge in [-0.1, -0.05) is 0 Å². The summed E-state index contributed by atoms with van der Waals surface area (Å²) in [5.74, 6) is 0.826. The van der Waals surface area contributed by atoms with E-state index in [4.69, 9.17) is 14.6 Å². The van der Waals surface area contributed by atoms with Crippen molar-refractivity contribution < 1.29 is 19.4 Å². The van der Waals surface area contributed by atoms with E-state index in [2.05, 4.69) is 4.90 Å². The zero-order valence-corrected chi connectivity index (χ0v) is 18.0. The molecule has 4 saturated heterocycles. The van der Waals surface area contributed by atoms with Crippen molar-refractivity contribution >= 4 is 12.4 Å². The van der Waals surface area contributed by atoms with Crippen LogP contribution in [0.15, 0.2) is 15.7 Å². The van der Waals surface area contributed by atoms with Crippen molar-refractivity contribution in [2.24, 2.45) is 25.9 Å². The van der Waals surface area contributed by atoms with Crippen LogP contribution in [0.5, 0.6) is 0 Å². The van der Waals surface area contributed by atoms with Gasteiger partial charge in [-0.25, -0.2) is 4.79 Å². The molecule has 31 heavy (non-hydrogen) atoms. The molecule has 1 aromatic heterocycles. The smallest absolute Gasteiger partial charge is 0.331 e. The van der Waals surface area contributed by atoms with Gasteiger partial charge in [-0.2, -0.15) is 0 Å². The molecule has 2 bridgehead atoms. The third kappa shape index (κ3) is 3.61.